The van der Waals surface area contributed by atoms with Gasteiger partial charge < -0.3 is 15.5 Å². The molecule has 160 valence electrons. The number of hydrogen-bond donors (Lipinski definition) is 2. The predicted molar refractivity (Wildman–Crippen MR) is 125 cm³/mol. The Labute approximate surface area is 186 Å². The van der Waals surface area contributed by atoms with Crippen LogP contribution in [0, 0.1) is 13.8 Å². The molecule has 1 aromatic rings. The van der Waals surface area contributed by atoms with Crippen LogP contribution in [0.2, 0.25) is 0 Å². The van der Waals surface area contributed by atoms with E-state index in [0.717, 1.165) is 76.6 Å². The Morgan fingerprint density at radius 3 is 2.71 bits per heavy atom. The van der Waals surface area contributed by atoms with Crippen molar-refractivity contribution >= 4 is 35.8 Å². The van der Waals surface area contributed by atoms with Gasteiger partial charge in [0.15, 0.2) is 5.96 Å². The highest BCUT2D eigenvalue weighted by atomic mass is 127. The summed E-state index contributed by atoms with van der Waals surface area (Å²) in [4.78, 5) is 18.7. The van der Waals surface area contributed by atoms with Gasteiger partial charge in [-0.05, 0) is 52.5 Å². The van der Waals surface area contributed by atoms with E-state index in [9.17, 15) is 4.79 Å². The lowest BCUT2D eigenvalue weighted by molar-refractivity contribution is -0.130. The summed E-state index contributed by atoms with van der Waals surface area (Å²) in [7, 11) is 0. The Hall–Kier alpha value is -1.32. The molecule has 0 aromatic carbocycles. The maximum Gasteiger partial charge on any atom is 0.222 e. The van der Waals surface area contributed by atoms with E-state index in [1.165, 1.54) is 12.1 Å². The second-order valence-corrected chi connectivity index (χ2v) is 7.24. The van der Waals surface area contributed by atoms with Gasteiger partial charge in [0.2, 0.25) is 5.91 Å². The van der Waals surface area contributed by atoms with Gasteiger partial charge in [0.1, 0.15) is 0 Å². The van der Waals surface area contributed by atoms with Gasteiger partial charge in [-0.15, -0.1) is 24.0 Å². The monoisotopic (exact) mass is 504 g/mol. The Kier molecular flexibility index (Phi) is 12.2. The van der Waals surface area contributed by atoms with Crippen molar-refractivity contribution in [1.82, 2.24) is 25.3 Å². The molecular weight excluding hydrogens is 467 g/mol. The average Bonchev–Trinajstić information content (AvgIpc) is 2.82. The number of rotatable bonds is 9. The van der Waals surface area contributed by atoms with Crippen LogP contribution < -0.4 is 10.6 Å². The zero-order valence-electron chi connectivity index (χ0n) is 17.7. The zero-order chi connectivity index (χ0) is 19.5. The number of carbonyl (C=O) groups excluding carboxylic acids is 1. The summed E-state index contributed by atoms with van der Waals surface area (Å²) in [6.45, 7) is 11.3. The number of amides is 1. The van der Waals surface area contributed by atoms with E-state index >= 15 is 0 Å². The number of likely N-dealkylation sites (tertiary alicyclic amines) is 1. The molecule has 0 aliphatic carbocycles. The Morgan fingerprint density at radius 2 is 2.00 bits per heavy atom. The zero-order valence-corrected chi connectivity index (χ0v) is 20.0. The lowest BCUT2D eigenvalue weighted by atomic mass is 10.2. The first kappa shape index (κ1) is 24.7. The number of aryl methyl sites for hydroxylation is 3. The molecule has 0 saturated carbocycles. The predicted octanol–water partition coefficient (Wildman–Crippen LogP) is 2.86. The van der Waals surface area contributed by atoms with Crippen molar-refractivity contribution in [3.05, 3.63) is 17.5 Å². The van der Waals surface area contributed by atoms with Crippen LogP contribution >= 0.6 is 24.0 Å². The van der Waals surface area contributed by atoms with E-state index in [2.05, 4.69) is 45.3 Å². The number of carbonyl (C=O) groups is 1. The molecule has 1 fully saturated rings. The van der Waals surface area contributed by atoms with Crippen molar-refractivity contribution in [2.75, 3.05) is 32.7 Å². The van der Waals surface area contributed by atoms with Crippen molar-refractivity contribution in [3.8, 4) is 0 Å². The smallest absolute Gasteiger partial charge is 0.222 e. The number of aliphatic imine (C=N–C) groups is 1. The molecule has 0 spiro atoms. The van der Waals surface area contributed by atoms with Gasteiger partial charge in [0.25, 0.3) is 0 Å². The highest BCUT2D eigenvalue weighted by Crippen LogP contribution is 2.11. The van der Waals surface area contributed by atoms with E-state index < -0.39 is 0 Å². The fourth-order valence-corrected chi connectivity index (χ4v) is 3.41. The summed E-state index contributed by atoms with van der Waals surface area (Å²) in [6.07, 6.45) is 5.96. The van der Waals surface area contributed by atoms with Crippen LogP contribution in [-0.2, 0) is 11.3 Å². The second-order valence-electron chi connectivity index (χ2n) is 7.24. The third-order valence-corrected chi connectivity index (χ3v) is 4.81. The van der Waals surface area contributed by atoms with Gasteiger partial charge in [-0.25, -0.2) is 0 Å². The summed E-state index contributed by atoms with van der Waals surface area (Å²) in [5.41, 5.74) is 2.27. The van der Waals surface area contributed by atoms with Gasteiger partial charge >= 0.3 is 0 Å². The molecule has 0 radical (unpaired) electrons. The number of guanidine groups is 1. The van der Waals surface area contributed by atoms with Crippen LogP contribution in [0.4, 0.5) is 0 Å². The lowest BCUT2D eigenvalue weighted by Crippen LogP contribution is -2.38. The standard InChI is InChI=1S/C20H36N6O.HI/c1-4-21-20(23-12-9-15-26-18(3)16-17(2)24-26)22-11-8-14-25-13-7-5-6-10-19(25)27;/h16H,4-15H2,1-3H3,(H2,21,22,23);1H. The topological polar surface area (TPSA) is 74.6 Å². The number of nitrogens with zero attached hydrogens (tertiary/aromatic N) is 4. The lowest BCUT2D eigenvalue weighted by Gasteiger charge is -2.20. The second kappa shape index (κ2) is 13.8. The van der Waals surface area contributed by atoms with E-state index in [1.807, 2.05) is 11.8 Å². The molecule has 0 unspecified atom stereocenters. The molecule has 1 aliphatic rings. The minimum absolute atomic E-state index is 0. The van der Waals surface area contributed by atoms with Gasteiger partial charge in [0.05, 0.1) is 5.69 Å². The van der Waals surface area contributed by atoms with Crippen LogP contribution in [0.1, 0.15) is 56.8 Å². The number of aromatic nitrogens is 2. The molecule has 1 aliphatic heterocycles. The van der Waals surface area contributed by atoms with Crippen LogP contribution in [0.25, 0.3) is 0 Å². The summed E-state index contributed by atoms with van der Waals surface area (Å²) in [5.74, 6) is 1.17. The quantitative estimate of drug-likeness (QED) is 0.235. The molecule has 2 rings (SSSR count). The van der Waals surface area contributed by atoms with Crippen LogP contribution in [-0.4, -0.2) is 59.3 Å². The molecule has 2 N–H and O–H groups in total. The highest BCUT2D eigenvalue weighted by Gasteiger charge is 2.15. The van der Waals surface area contributed by atoms with Gasteiger partial charge in [-0.2, -0.15) is 5.10 Å². The maximum atomic E-state index is 12.0. The molecule has 7 nitrogen and oxygen atoms in total. The normalized spacial score (nSPS) is 15.2. The molecule has 0 bridgehead atoms. The number of nitrogens with one attached hydrogen (secondary N) is 2. The molecule has 2 heterocycles. The Bertz CT molecular complexity index is 616. The third-order valence-electron chi connectivity index (χ3n) is 4.81. The molecule has 0 atom stereocenters. The first-order chi connectivity index (χ1) is 13.1. The molecule has 1 amide bonds. The highest BCUT2D eigenvalue weighted by molar-refractivity contribution is 14.0. The summed E-state index contributed by atoms with van der Waals surface area (Å²) < 4.78 is 2.05. The first-order valence-corrected chi connectivity index (χ1v) is 10.4. The van der Waals surface area contributed by atoms with Crippen molar-refractivity contribution in [1.29, 1.82) is 0 Å². The first-order valence-electron chi connectivity index (χ1n) is 10.4. The van der Waals surface area contributed by atoms with Crippen LogP contribution in [0.3, 0.4) is 0 Å². The van der Waals surface area contributed by atoms with E-state index in [1.54, 1.807) is 0 Å². The third kappa shape index (κ3) is 8.79. The fourth-order valence-electron chi connectivity index (χ4n) is 3.41. The van der Waals surface area contributed by atoms with Crippen LogP contribution in [0.5, 0.6) is 0 Å². The number of halogens is 1. The number of hydrogen-bond acceptors (Lipinski definition) is 3. The molecule has 1 saturated heterocycles. The van der Waals surface area contributed by atoms with Gasteiger partial charge in [-0.3, -0.25) is 14.5 Å². The minimum Gasteiger partial charge on any atom is -0.357 e. The minimum atomic E-state index is 0. The van der Waals surface area contributed by atoms with Gasteiger partial charge in [-0.1, -0.05) is 6.42 Å². The largest absolute Gasteiger partial charge is 0.357 e. The fraction of sp³-hybridized carbons (Fsp3) is 0.750. The Morgan fingerprint density at radius 1 is 1.18 bits per heavy atom. The van der Waals surface area contributed by atoms with Crippen molar-refractivity contribution < 1.29 is 4.79 Å². The van der Waals surface area contributed by atoms with Crippen molar-refractivity contribution in [3.63, 3.8) is 0 Å². The van der Waals surface area contributed by atoms with Gasteiger partial charge in [0, 0.05) is 51.4 Å². The molecular formula is C20H37IN6O. The maximum absolute atomic E-state index is 12.0. The summed E-state index contributed by atoms with van der Waals surface area (Å²) in [5, 5.41) is 11.2. The summed E-state index contributed by atoms with van der Waals surface area (Å²) >= 11 is 0. The average molecular weight is 504 g/mol. The van der Waals surface area contributed by atoms with E-state index in [-0.39, 0.29) is 24.0 Å². The Balaban J connectivity index is 0.00000392. The SMILES string of the molecule is CCNC(=NCCCN1CCCCCC1=O)NCCCn1nc(C)cc1C.I. The summed E-state index contributed by atoms with van der Waals surface area (Å²) in [6, 6.07) is 2.11. The van der Waals surface area contributed by atoms with E-state index in [4.69, 9.17) is 0 Å². The van der Waals surface area contributed by atoms with Crippen molar-refractivity contribution in [2.24, 2.45) is 4.99 Å². The van der Waals surface area contributed by atoms with Crippen molar-refractivity contribution in [2.45, 2.75) is 65.8 Å². The van der Waals surface area contributed by atoms with E-state index in [0.29, 0.717) is 12.3 Å². The van der Waals surface area contributed by atoms with Crippen LogP contribution in [0.15, 0.2) is 11.1 Å². The molecule has 8 heteroatoms. The molecule has 28 heavy (non-hydrogen) atoms. The molecule has 1 aromatic heterocycles.